The van der Waals surface area contributed by atoms with Crippen LogP contribution in [0.2, 0.25) is 0 Å². The molecule has 0 saturated carbocycles. The average Bonchev–Trinajstić information content (AvgIpc) is 1.82. The summed E-state index contributed by atoms with van der Waals surface area (Å²) in [7, 11) is 0. The SMILES string of the molecule is CC(=O)N(N)CCC(=O)O.Cl. The number of halogens is 1. The molecule has 0 rings (SSSR count). The van der Waals surface area contributed by atoms with Gasteiger partial charge in [0.15, 0.2) is 0 Å². The summed E-state index contributed by atoms with van der Waals surface area (Å²) in [5.41, 5.74) is 0. The molecule has 0 fully saturated rings. The lowest BCUT2D eigenvalue weighted by molar-refractivity contribution is -0.138. The number of hydrazine groups is 1. The van der Waals surface area contributed by atoms with Crippen molar-refractivity contribution in [2.45, 2.75) is 13.3 Å². The first-order chi connectivity index (χ1) is 4.54. The van der Waals surface area contributed by atoms with Crippen LogP contribution in [0, 0.1) is 0 Å². The zero-order valence-corrected chi connectivity index (χ0v) is 6.93. The molecule has 0 unspecified atom stereocenters. The lowest BCUT2D eigenvalue weighted by Crippen LogP contribution is -2.37. The Balaban J connectivity index is 0. The van der Waals surface area contributed by atoms with E-state index in [2.05, 4.69) is 0 Å². The summed E-state index contributed by atoms with van der Waals surface area (Å²) in [6.45, 7) is 1.34. The van der Waals surface area contributed by atoms with Gasteiger partial charge in [-0.05, 0) is 0 Å². The smallest absolute Gasteiger partial charge is 0.305 e. The van der Waals surface area contributed by atoms with Gasteiger partial charge in [-0.1, -0.05) is 0 Å². The van der Waals surface area contributed by atoms with Crippen molar-refractivity contribution in [3.63, 3.8) is 0 Å². The maximum atomic E-state index is 10.4. The van der Waals surface area contributed by atoms with Crippen LogP contribution in [-0.2, 0) is 9.59 Å². The Kier molecular flexibility index (Phi) is 6.92. The van der Waals surface area contributed by atoms with Gasteiger partial charge in [-0.15, -0.1) is 12.4 Å². The van der Waals surface area contributed by atoms with Gasteiger partial charge in [-0.25, -0.2) is 5.84 Å². The van der Waals surface area contributed by atoms with Crippen LogP contribution in [0.3, 0.4) is 0 Å². The van der Waals surface area contributed by atoms with Crippen molar-refractivity contribution in [2.75, 3.05) is 6.54 Å². The quantitative estimate of drug-likeness (QED) is 0.354. The largest absolute Gasteiger partial charge is 0.481 e. The third kappa shape index (κ3) is 7.08. The molecular weight excluding hydrogens is 172 g/mol. The predicted octanol–water partition coefficient (Wildman–Crippen LogP) is -0.395. The number of carbonyl (C=O) groups is 2. The first-order valence-corrected chi connectivity index (χ1v) is 2.78. The number of amides is 1. The number of carbonyl (C=O) groups excluding carboxylic acids is 1. The van der Waals surface area contributed by atoms with Crippen molar-refractivity contribution >= 4 is 24.3 Å². The van der Waals surface area contributed by atoms with Crippen LogP contribution in [0.4, 0.5) is 0 Å². The molecule has 11 heavy (non-hydrogen) atoms. The second-order valence-electron chi connectivity index (χ2n) is 1.86. The Morgan fingerprint density at radius 3 is 2.27 bits per heavy atom. The molecular formula is C5H11ClN2O3. The van der Waals surface area contributed by atoms with Crippen LogP contribution in [0.15, 0.2) is 0 Å². The van der Waals surface area contributed by atoms with Gasteiger partial charge in [0.1, 0.15) is 0 Å². The standard InChI is InChI=1S/C5H10N2O3.ClH/c1-4(8)7(6)3-2-5(9)10;/h2-3,6H2,1H3,(H,9,10);1H. The number of aliphatic carboxylic acids is 1. The number of nitrogens with zero attached hydrogens (tertiary/aromatic N) is 1. The maximum absolute atomic E-state index is 10.4. The molecule has 0 saturated heterocycles. The highest BCUT2D eigenvalue weighted by Crippen LogP contribution is 1.83. The Morgan fingerprint density at radius 2 is 2.00 bits per heavy atom. The average molecular weight is 183 g/mol. The molecule has 6 heteroatoms. The van der Waals surface area contributed by atoms with Crippen LogP contribution in [-0.4, -0.2) is 28.5 Å². The molecule has 0 aromatic rings. The summed E-state index contributed by atoms with van der Waals surface area (Å²) in [6.07, 6.45) is -0.115. The fourth-order valence-electron chi connectivity index (χ4n) is 0.374. The van der Waals surface area contributed by atoms with Crippen molar-refractivity contribution in [1.29, 1.82) is 0 Å². The maximum Gasteiger partial charge on any atom is 0.305 e. The van der Waals surface area contributed by atoms with Gasteiger partial charge in [0.25, 0.3) is 0 Å². The summed E-state index contributed by atoms with van der Waals surface area (Å²) in [5.74, 6) is 3.79. The van der Waals surface area contributed by atoms with Gasteiger partial charge in [0.05, 0.1) is 6.42 Å². The van der Waals surface area contributed by atoms with Gasteiger partial charge in [0.2, 0.25) is 5.91 Å². The highest BCUT2D eigenvalue weighted by molar-refractivity contribution is 5.85. The third-order valence-electron chi connectivity index (χ3n) is 0.971. The van der Waals surface area contributed by atoms with Crippen LogP contribution >= 0.6 is 12.4 Å². The van der Waals surface area contributed by atoms with E-state index >= 15 is 0 Å². The van der Waals surface area contributed by atoms with Gasteiger partial charge in [0, 0.05) is 13.5 Å². The van der Waals surface area contributed by atoms with E-state index in [1.54, 1.807) is 0 Å². The molecule has 0 spiro atoms. The highest BCUT2D eigenvalue weighted by Gasteiger charge is 2.04. The third-order valence-corrected chi connectivity index (χ3v) is 0.971. The molecule has 0 aliphatic rings. The minimum atomic E-state index is -0.961. The van der Waals surface area contributed by atoms with Crippen molar-refractivity contribution in [3.05, 3.63) is 0 Å². The summed E-state index contributed by atoms with van der Waals surface area (Å²) < 4.78 is 0. The minimum absolute atomic E-state index is 0. The fraction of sp³-hybridized carbons (Fsp3) is 0.600. The van der Waals surface area contributed by atoms with Crippen molar-refractivity contribution < 1.29 is 14.7 Å². The summed E-state index contributed by atoms with van der Waals surface area (Å²) in [6, 6.07) is 0. The molecule has 0 aliphatic heterocycles. The summed E-state index contributed by atoms with van der Waals surface area (Å²) >= 11 is 0. The van der Waals surface area contributed by atoms with Crippen LogP contribution in [0.1, 0.15) is 13.3 Å². The van der Waals surface area contributed by atoms with E-state index in [-0.39, 0.29) is 31.3 Å². The first kappa shape index (κ1) is 12.8. The zero-order valence-electron chi connectivity index (χ0n) is 6.11. The van der Waals surface area contributed by atoms with E-state index in [0.29, 0.717) is 0 Å². The molecule has 0 aromatic heterocycles. The van der Waals surface area contributed by atoms with Gasteiger partial charge in [-0.3, -0.25) is 14.6 Å². The zero-order chi connectivity index (χ0) is 8.15. The van der Waals surface area contributed by atoms with Gasteiger partial charge < -0.3 is 5.11 Å². The number of nitrogens with two attached hydrogens (primary N) is 1. The van der Waals surface area contributed by atoms with E-state index in [1.807, 2.05) is 0 Å². The molecule has 0 atom stereocenters. The van der Waals surface area contributed by atoms with Crippen molar-refractivity contribution in [1.82, 2.24) is 5.01 Å². The number of hydrogen-bond donors (Lipinski definition) is 2. The minimum Gasteiger partial charge on any atom is -0.481 e. The molecule has 1 amide bonds. The molecule has 5 nitrogen and oxygen atoms in total. The lowest BCUT2D eigenvalue weighted by atomic mass is 10.4. The summed E-state index contributed by atoms with van der Waals surface area (Å²) in [5, 5.41) is 9.02. The number of rotatable bonds is 3. The first-order valence-electron chi connectivity index (χ1n) is 2.78. The summed E-state index contributed by atoms with van der Waals surface area (Å²) in [4.78, 5) is 20.3. The van der Waals surface area contributed by atoms with Gasteiger partial charge >= 0.3 is 5.97 Å². The second kappa shape index (κ2) is 5.94. The topological polar surface area (TPSA) is 83.6 Å². The Bertz CT molecular complexity index is 151. The van der Waals surface area contributed by atoms with E-state index in [1.165, 1.54) is 6.92 Å². The lowest BCUT2D eigenvalue weighted by Gasteiger charge is -2.11. The molecule has 0 bridgehead atoms. The van der Waals surface area contributed by atoms with E-state index in [4.69, 9.17) is 10.9 Å². The molecule has 0 aromatic carbocycles. The number of hydrogen-bond acceptors (Lipinski definition) is 3. The second-order valence-corrected chi connectivity index (χ2v) is 1.86. The molecule has 0 radical (unpaired) electrons. The predicted molar refractivity (Wildman–Crippen MR) is 41.1 cm³/mol. The fourth-order valence-corrected chi connectivity index (χ4v) is 0.374. The molecule has 0 aliphatic carbocycles. The molecule has 0 heterocycles. The van der Waals surface area contributed by atoms with Crippen molar-refractivity contribution in [2.24, 2.45) is 5.84 Å². The molecule has 66 valence electrons. The normalized spacial score (nSPS) is 8.18. The van der Waals surface area contributed by atoms with Crippen LogP contribution in [0.25, 0.3) is 0 Å². The van der Waals surface area contributed by atoms with Crippen LogP contribution in [0.5, 0.6) is 0 Å². The Labute approximate surface area is 70.5 Å². The Morgan fingerprint density at radius 1 is 1.55 bits per heavy atom. The number of carboxylic acid groups (broad SMARTS) is 1. The van der Waals surface area contributed by atoms with E-state index < -0.39 is 5.97 Å². The Hall–Kier alpha value is -0.810. The van der Waals surface area contributed by atoms with E-state index in [9.17, 15) is 9.59 Å². The molecule has 3 N–H and O–H groups in total. The van der Waals surface area contributed by atoms with Crippen LogP contribution < -0.4 is 5.84 Å². The highest BCUT2D eigenvalue weighted by atomic mass is 35.5. The van der Waals surface area contributed by atoms with E-state index in [0.717, 1.165) is 5.01 Å². The monoisotopic (exact) mass is 182 g/mol. The number of carboxylic acids is 1. The van der Waals surface area contributed by atoms with Gasteiger partial charge in [-0.2, -0.15) is 0 Å². The van der Waals surface area contributed by atoms with Crippen molar-refractivity contribution in [3.8, 4) is 0 Å².